The maximum Gasteiger partial charge on any atom is 0.227 e. The first-order chi connectivity index (χ1) is 12.0. The summed E-state index contributed by atoms with van der Waals surface area (Å²) in [7, 11) is 0. The molecule has 1 aromatic heterocycles. The first-order valence-corrected chi connectivity index (χ1v) is 8.67. The molecule has 3 rings (SSSR count). The van der Waals surface area contributed by atoms with Crippen LogP contribution in [-0.2, 0) is 4.79 Å². The second-order valence-corrected chi connectivity index (χ2v) is 6.72. The van der Waals surface area contributed by atoms with Crippen LogP contribution in [-0.4, -0.2) is 33.9 Å². The summed E-state index contributed by atoms with van der Waals surface area (Å²) in [6.07, 6.45) is 3.67. The van der Waals surface area contributed by atoms with Crippen LogP contribution >= 0.6 is 0 Å². The maximum absolute atomic E-state index is 13.3. The van der Waals surface area contributed by atoms with Crippen molar-refractivity contribution in [2.24, 2.45) is 5.92 Å². The number of benzene rings is 1. The van der Waals surface area contributed by atoms with E-state index in [0.717, 1.165) is 25.1 Å². The Morgan fingerprint density at radius 2 is 2.20 bits per heavy atom. The summed E-state index contributed by atoms with van der Waals surface area (Å²) in [6.45, 7) is 5.36. The highest BCUT2D eigenvalue weighted by molar-refractivity contribution is 5.78. The number of likely N-dealkylation sites (tertiary alicyclic amines) is 1. The van der Waals surface area contributed by atoms with Crippen LogP contribution in [0.5, 0.6) is 0 Å². The van der Waals surface area contributed by atoms with E-state index in [-0.39, 0.29) is 23.6 Å². The first kappa shape index (κ1) is 17.3. The zero-order valence-corrected chi connectivity index (χ0v) is 14.6. The number of aromatic nitrogens is 2. The average molecular weight is 342 g/mol. The Morgan fingerprint density at radius 1 is 1.36 bits per heavy atom. The number of rotatable bonds is 4. The summed E-state index contributed by atoms with van der Waals surface area (Å²) in [5.74, 6) is 0.533. The number of halogens is 1. The molecule has 1 atom stereocenters. The lowest BCUT2D eigenvalue weighted by Crippen LogP contribution is -2.41. The molecule has 0 spiro atoms. The highest BCUT2D eigenvalue weighted by Crippen LogP contribution is 2.27. The molecule has 6 heteroatoms. The Balaban J connectivity index is 1.73. The number of amides is 1. The number of hydrogen-bond acceptors (Lipinski definition) is 4. The monoisotopic (exact) mass is 342 g/mol. The van der Waals surface area contributed by atoms with Crippen LogP contribution in [0.3, 0.4) is 0 Å². The fourth-order valence-corrected chi connectivity index (χ4v) is 3.14. The Hall–Kier alpha value is -2.50. The summed E-state index contributed by atoms with van der Waals surface area (Å²) in [6, 6.07) is 8.09. The lowest BCUT2D eigenvalue weighted by atomic mass is 9.94. The van der Waals surface area contributed by atoms with Crippen molar-refractivity contribution in [2.75, 3.05) is 18.4 Å². The molecular weight excluding hydrogens is 319 g/mol. The van der Waals surface area contributed by atoms with Gasteiger partial charge in [0.25, 0.3) is 0 Å². The molecule has 0 bridgehead atoms. The van der Waals surface area contributed by atoms with Crippen LogP contribution in [0, 0.1) is 11.7 Å². The van der Waals surface area contributed by atoms with Gasteiger partial charge in [-0.3, -0.25) is 4.79 Å². The van der Waals surface area contributed by atoms with Crippen LogP contribution in [0.4, 0.5) is 16.0 Å². The van der Waals surface area contributed by atoms with E-state index < -0.39 is 0 Å². The minimum Gasteiger partial charge on any atom is -0.342 e. The second kappa shape index (κ2) is 7.59. The smallest absolute Gasteiger partial charge is 0.227 e. The zero-order chi connectivity index (χ0) is 17.8. The molecule has 1 aliphatic rings. The van der Waals surface area contributed by atoms with E-state index in [9.17, 15) is 9.18 Å². The van der Waals surface area contributed by atoms with E-state index in [1.165, 1.54) is 12.1 Å². The maximum atomic E-state index is 13.3. The Morgan fingerprint density at radius 3 is 2.96 bits per heavy atom. The molecule has 1 saturated heterocycles. The third-order valence-electron chi connectivity index (χ3n) is 4.40. The van der Waals surface area contributed by atoms with Gasteiger partial charge in [0, 0.05) is 36.8 Å². The van der Waals surface area contributed by atoms with Gasteiger partial charge in [-0.05, 0) is 37.1 Å². The van der Waals surface area contributed by atoms with Gasteiger partial charge in [-0.15, -0.1) is 0 Å². The lowest BCUT2D eigenvalue weighted by Gasteiger charge is -2.33. The van der Waals surface area contributed by atoms with Crippen molar-refractivity contribution < 1.29 is 9.18 Å². The van der Waals surface area contributed by atoms with E-state index in [1.807, 2.05) is 24.8 Å². The number of nitrogens with one attached hydrogen (secondary N) is 1. The van der Waals surface area contributed by atoms with Gasteiger partial charge in [0.2, 0.25) is 11.9 Å². The van der Waals surface area contributed by atoms with Gasteiger partial charge in [-0.1, -0.05) is 19.9 Å². The highest BCUT2D eigenvalue weighted by atomic mass is 19.1. The first-order valence-electron chi connectivity index (χ1n) is 8.67. The predicted molar refractivity (Wildman–Crippen MR) is 95.1 cm³/mol. The molecule has 2 aromatic rings. The minimum atomic E-state index is -0.309. The molecular formula is C19H23FN4O. The third kappa shape index (κ3) is 4.32. The second-order valence-electron chi connectivity index (χ2n) is 6.72. The van der Waals surface area contributed by atoms with E-state index in [4.69, 9.17) is 0 Å². The standard InChI is InChI=1S/C19H23FN4O/c1-13(2)18(25)24-10-4-5-14(12-24)17-8-9-21-19(23-17)22-16-7-3-6-15(20)11-16/h3,6-9,11,13-14H,4-5,10,12H2,1-2H3,(H,21,22,23)/t14-/m1/s1. The number of carbonyl (C=O) groups is 1. The van der Waals surface area contributed by atoms with Gasteiger partial charge in [0.15, 0.2) is 0 Å². The summed E-state index contributed by atoms with van der Waals surface area (Å²) in [5, 5.41) is 3.03. The van der Waals surface area contributed by atoms with Crippen molar-refractivity contribution in [3.63, 3.8) is 0 Å². The third-order valence-corrected chi connectivity index (χ3v) is 4.40. The normalized spacial score (nSPS) is 17.6. The van der Waals surface area contributed by atoms with Crippen molar-refractivity contribution in [2.45, 2.75) is 32.6 Å². The molecule has 2 heterocycles. The van der Waals surface area contributed by atoms with Crippen LogP contribution in [0.25, 0.3) is 0 Å². The Labute approximate surface area is 147 Å². The van der Waals surface area contributed by atoms with Crippen LogP contribution in [0.15, 0.2) is 36.5 Å². The average Bonchev–Trinajstić information content (AvgIpc) is 2.61. The number of hydrogen-bond donors (Lipinski definition) is 1. The Kier molecular flexibility index (Phi) is 5.26. The van der Waals surface area contributed by atoms with Gasteiger partial charge >= 0.3 is 0 Å². The summed E-state index contributed by atoms with van der Waals surface area (Å²) >= 11 is 0. The summed E-state index contributed by atoms with van der Waals surface area (Å²) < 4.78 is 13.3. The van der Waals surface area contributed by atoms with Crippen LogP contribution < -0.4 is 5.32 Å². The van der Waals surface area contributed by atoms with Gasteiger partial charge in [0.05, 0.1) is 5.69 Å². The molecule has 0 aliphatic carbocycles. The van der Waals surface area contributed by atoms with E-state index >= 15 is 0 Å². The topological polar surface area (TPSA) is 58.1 Å². The van der Waals surface area contributed by atoms with Crippen molar-refractivity contribution in [1.29, 1.82) is 0 Å². The molecule has 0 radical (unpaired) electrons. The SMILES string of the molecule is CC(C)C(=O)N1CCC[C@@H](c2ccnc(Nc3cccc(F)c3)n2)C1. The summed E-state index contributed by atoms with van der Waals surface area (Å²) in [4.78, 5) is 23.0. The molecule has 1 aliphatic heterocycles. The van der Waals surface area contributed by atoms with E-state index in [2.05, 4.69) is 15.3 Å². The number of anilines is 2. The number of carbonyl (C=O) groups excluding carboxylic acids is 1. The molecule has 0 unspecified atom stereocenters. The molecule has 1 N–H and O–H groups in total. The van der Waals surface area contributed by atoms with Crippen molar-refractivity contribution in [3.8, 4) is 0 Å². The minimum absolute atomic E-state index is 0.00866. The largest absolute Gasteiger partial charge is 0.342 e. The fourth-order valence-electron chi connectivity index (χ4n) is 3.14. The van der Waals surface area contributed by atoms with Crippen molar-refractivity contribution >= 4 is 17.5 Å². The Bertz CT molecular complexity index is 750. The molecule has 0 saturated carbocycles. The van der Waals surface area contributed by atoms with Crippen molar-refractivity contribution in [1.82, 2.24) is 14.9 Å². The van der Waals surface area contributed by atoms with E-state index in [1.54, 1.807) is 18.3 Å². The molecule has 5 nitrogen and oxygen atoms in total. The van der Waals surface area contributed by atoms with Gasteiger partial charge in [-0.2, -0.15) is 0 Å². The molecule has 1 aromatic carbocycles. The van der Waals surface area contributed by atoms with Crippen LogP contribution in [0.1, 0.15) is 38.3 Å². The molecule has 25 heavy (non-hydrogen) atoms. The molecule has 1 fully saturated rings. The van der Waals surface area contributed by atoms with Gasteiger partial charge < -0.3 is 10.2 Å². The quantitative estimate of drug-likeness (QED) is 0.920. The van der Waals surface area contributed by atoms with Gasteiger partial charge in [-0.25, -0.2) is 14.4 Å². The van der Waals surface area contributed by atoms with Gasteiger partial charge in [0.1, 0.15) is 5.82 Å². The van der Waals surface area contributed by atoms with Crippen LogP contribution in [0.2, 0.25) is 0 Å². The number of piperidine rings is 1. The lowest BCUT2D eigenvalue weighted by molar-refractivity contribution is -0.135. The highest BCUT2D eigenvalue weighted by Gasteiger charge is 2.27. The zero-order valence-electron chi connectivity index (χ0n) is 14.6. The predicted octanol–water partition coefficient (Wildman–Crippen LogP) is 3.72. The summed E-state index contributed by atoms with van der Waals surface area (Å²) in [5.41, 5.74) is 1.52. The molecule has 132 valence electrons. The fraction of sp³-hybridized carbons (Fsp3) is 0.421. The van der Waals surface area contributed by atoms with Crippen molar-refractivity contribution in [3.05, 3.63) is 48.0 Å². The molecule has 1 amide bonds. The number of nitrogens with zero attached hydrogens (tertiary/aromatic N) is 3. The van der Waals surface area contributed by atoms with E-state index in [0.29, 0.717) is 18.2 Å².